The molecule has 0 aliphatic carbocycles. The maximum atomic E-state index is 13.4. The van der Waals surface area contributed by atoms with Gasteiger partial charge in [0, 0.05) is 26.3 Å². The number of carbonyl (C=O) groups excluding carboxylic acids is 1. The maximum Gasteiger partial charge on any atom is 0.306 e. The fourth-order valence-electron chi connectivity index (χ4n) is 3.63. The smallest absolute Gasteiger partial charge is 0.306 e. The summed E-state index contributed by atoms with van der Waals surface area (Å²) in [5.41, 5.74) is 0.435. The van der Waals surface area contributed by atoms with Crippen molar-refractivity contribution in [3.05, 3.63) is 35.9 Å². The van der Waals surface area contributed by atoms with E-state index in [0.717, 1.165) is 5.56 Å². The average molecular weight is 333 g/mol. The fraction of sp³-hybridized carbons (Fsp3) is 0.556. The van der Waals surface area contributed by atoms with Gasteiger partial charge in [-0.2, -0.15) is 0 Å². The first-order valence-corrected chi connectivity index (χ1v) is 8.38. The number of carbonyl (C=O) groups is 2. The van der Waals surface area contributed by atoms with Gasteiger partial charge in [0.1, 0.15) is 0 Å². The lowest BCUT2D eigenvalue weighted by atomic mass is 9.73. The van der Waals surface area contributed by atoms with Crippen LogP contribution in [0.4, 0.5) is 0 Å². The predicted octanol–water partition coefficient (Wildman–Crippen LogP) is 1.44. The van der Waals surface area contributed by atoms with E-state index < -0.39 is 17.5 Å². The Morgan fingerprint density at radius 3 is 2.54 bits per heavy atom. The number of rotatable bonds is 4. The van der Waals surface area contributed by atoms with Crippen molar-refractivity contribution >= 4 is 11.9 Å². The van der Waals surface area contributed by atoms with Gasteiger partial charge in [-0.15, -0.1) is 0 Å². The number of benzene rings is 1. The van der Waals surface area contributed by atoms with Crippen LogP contribution < -0.4 is 0 Å². The van der Waals surface area contributed by atoms with E-state index in [4.69, 9.17) is 14.6 Å². The summed E-state index contributed by atoms with van der Waals surface area (Å²) in [5, 5.41) is 8.97. The van der Waals surface area contributed by atoms with E-state index >= 15 is 0 Å². The van der Waals surface area contributed by atoms with E-state index in [1.54, 1.807) is 4.90 Å². The van der Waals surface area contributed by atoms with Crippen molar-refractivity contribution in [2.45, 2.75) is 30.8 Å². The number of amides is 1. The normalized spacial score (nSPS) is 23.7. The molecule has 3 rings (SSSR count). The molecule has 6 heteroatoms. The first-order chi connectivity index (χ1) is 11.6. The van der Waals surface area contributed by atoms with E-state index in [-0.39, 0.29) is 12.3 Å². The molecule has 0 saturated carbocycles. The second kappa shape index (κ2) is 7.32. The number of nitrogens with zero attached hydrogens (tertiary/aromatic N) is 1. The predicted molar refractivity (Wildman–Crippen MR) is 86.7 cm³/mol. The molecule has 1 amide bonds. The Hall–Kier alpha value is -1.92. The minimum absolute atomic E-state index is 0.0655. The van der Waals surface area contributed by atoms with Gasteiger partial charge in [0.15, 0.2) is 0 Å². The second-order valence-electron chi connectivity index (χ2n) is 6.40. The molecule has 2 saturated heterocycles. The zero-order valence-corrected chi connectivity index (χ0v) is 13.6. The lowest BCUT2D eigenvalue weighted by Crippen LogP contribution is -2.55. The van der Waals surface area contributed by atoms with E-state index in [0.29, 0.717) is 45.8 Å². The van der Waals surface area contributed by atoms with Crippen LogP contribution in [0.15, 0.2) is 30.3 Å². The van der Waals surface area contributed by atoms with Gasteiger partial charge in [-0.25, -0.2) is 0 Å². The van der Waals surface area contributed by atoms with Crippen LogP contribution in [0.3, 0.4) is 0 Å². The summed E-state index contributed by atoms with van der Waals surface area (Å²) in [5.74, 6) is -0.839. The van der Waals surface area contributed by atoms with E-state index in [1.807, 2.05) is 30.3 Å². The summed E-state index contributed by atoms with van der Waals surface area (Å²) < 4.78 is 11.0. The first-order valence-electron chi connectivity index (χ1n) is 8.38. The highest BCUT2D eigenvalue weighted by molar-refractivity contribution is 5.88. The zero-order chi connectivity index (χ0) is 17.0. The minimum Gasteiger partial charge on any atom is -0.481 e. The average Bonchev–Trinajstić information content (AvgIpc) is 2.62. The minimum atomic E-state index is -0.905. The molecule has 2 fully saturated rings. The van der Waals surface area contributed by atoms with Crippen LogP contribution in [0, 0.1) is 0 Å². The van der Waals surface area contributed by atoms with Crippen LogP contribution >= 0.6 is 0 Å². The lowest BCUT2D eigenvalue weighted by Gasteiger charge is -2.42. The van der Waals surface area contributed by atoms with Gasteiger partial charge in [-0.3, -0.25) is 9.59 Å². The van der Waals surface area contributed by atoms with Gasteiger partial charge in [0.2, 0.25) is 5.91 Å². The molecule has 2 aliphatic heterocycles. The summed E-state index contributed by atoms with van der Waals surface area (Å²) in [6, 6.07) is 9.84. The molecule has 0 unspecified atom stereocenters. The van der Waals surface area contributed by atoms with Crippen molar-refractivity contribution < 1.29 is 24.2 Å². The zero-order valence-electron chi connectivity index (χ0n) is 13.6. The number of hydrogen-bond donors (Lipinski definition) is 1. The molecule has 0 aromatic heterocycles. The molecule has 6 nitrogen and oxygen atoms in total. The maximum absolute atomic E-state index is 13.4. The SMILES string of the molecule is O=C(O)C[C@H]1CN(C(=O)C2(c3ccccc3)CCOCC2)CCO1. The van der Waals surface area contributed by atoms with Crippen LogP contribution in [0.2, 0.25) is 0 Å². The van der Waals surface area contributed by atoms with Gasteiger partial charge in [-0.05, 0) is 18.4 Å². The summed E-state index contributed by atoms with van der Waals surface area (Å²) in [6.45, 7) is 2.34. The van der Waals surface area contributed by atoms with Crippen molar-refractivity contribution in [3.63, 3.8) is 0 Å². The molecule has 1 N–H and O–H groups in total. The largest absolute Gasteiger partial charge is 0.481 e. The number of carboxylic acid groups (broad SMARTS) is 1. The van der Waals surface area contributed by atoms with Gasteiger partial charge >= 0.3 is 5.97 Å². The number of ether oxygens (including phenoxy) is 2. The van der Waals surface area contributed by atoms with E-state index in [2.05, 4.69) is 0 Å². The Morgan fingerprint density at radius 1 is 1.17 bits per heavy atom. The fourth-order valence-corrected chi connectivity index (χ4v) is 3.63. The molecule has 1 aromatic carbocycles. The molecule has 2 heterocycles. The molecule has 0 radical (unpaired) electrons. The number of carboxylic acids is 1. The van der Waals surface area contributed by atoms with Crippen molar-refractivity contribution in [1.29, 1.82) is 0 Å². The molecular formula is C18H23NO5. The second-order valence-corrected chi connectivity index (χ2v) is 6.40. The summed E-state index contributed by atoms with van der Waals surface area (Å²) >= 11 is 0. The molecular weight excluding hydrogens is 310 g/mol. The van der Waals surface area contributed by atoms with Crippen molar-refractivity contribution in [2.24, 2.45) is 0 Å². The van der Waals surface area contributed by atoms with Gasteiger partial charge < -0.3 is 19.5 Å². The number of aliphatic carboxylic acids is 1. The molecule has 1 aromatic rings. The number of morpholine rings is 1. The van der Waals surface area contributed by atoms with Crippen LogP contribution in [0.25, 0.3) is 0 Å². The van der Waals surface area contributed by atoms with Crippen LogP contribution in [0.1, 0.15) is 24.8 Å². The monoisotopic (exact) mass is 333 g/mol. The van der Waals surface area contributed by atoms with E-state index in [9.17, 15) is 9.59 Å². The Morgan fingerprint density at radius 2 is 1.88 bits per heavy atom. The molecule has 24 heavy (non-hydrogen) atoms. The molecule has 130 valence electrons. The molecule has 0 spiro atoms. The third-order valence-corrected chi connectivity index (χ3v) is 4.91. The summed E-state index contributed by atoms with van der Waals surface area (Å²) in [4.78, 5) is 26.1. The Labute approximate surface area is 141 Å². The van der Waals surface area contributed by atoms with Crippen molar-refractivity contribution in [2.75, 3.05) is 32.9 Å². The van der Waals surface area contributed by atoms with Crippen molar-refractivity contribution in [3.8, 4) is 0 Å². The standard InChI is InChI=1S/C18H23NO5/c20-16(21)12-15-13-19(8-11-24-15)17(22)18(6-9-23-10-7-18)14-4-2-1-3-5-14/h1-5,15H,6-13H2,(H,20,21)/t15-/m0/s1. The van der Waals surface area contributed by atoms with E-state index in [1.165, 1.54) is 0 Å². The Bertz CT molecular complexity index is 582. The Kier molecular flexibility index (Phi) is 5.16. The van der Waals surface area contributed by atoms with Crippen LogP contribution in [-0.2, 0) is 24.5 Å². The molecule has 1 atom stereocenters. The highest BCUT2D eigenvalue weighted by Gasteiger charge is 2.45. The highest BCUT2D eigenvalue weighted by atomic mass is 16.5. The summed E-state index contributed by atoms with van der Waals surface area (Å²) in [7, 11) is 0. The van der Waals surface area contributed by atoms with Crippen LogP contribution in [-0.4, -0.2) is 60.9 Å². The first kappa shape index (κ1) is 16.9. The third-order valence-electron chi connectivity index (χ3n) is 4.91. The quantitative estimate of drug-likeness (QED) is 0.902. The lowest BCUT2D eigenvalue weighted by molar-refractivity contribution is -0.153. The molecule has 0 bridgehead atoms. The van der Waals surface area contributed by atoms with Crippen LogP contribution in [0.5, 0.6) is 0 Å². The topological polar surface area (TPSA) is 76.1 Å². The van der Waals surface area contributed by atoms with Gasteiger partial charge in [0.25, 0.3) is 0 Å². The van der Waals surface area contributed by atoms with Gasteiger partial charge in [-0.1, -0.05) is 30.3 Å². The van der Waals surface area contributed by atoms with Gasteiger partial charge in [0.05, 0.1) is 24.5 Å². The Balaban J connectivity index is 1.82. The highest BCUT2D eigenvalue weighted by Crippen LogP contribution is 2.37. The molecule has 2 aliphatic rings. The summed E-state index contributed by atoms with van der Waals surface area (Å²) in [6.07, 6.45) is 0.784. The number of hydrogen-bond acceptors (Lipinski definition) is 4. The van der Waals surface area contributed by atoms with Crippen molar-refractivity contribution in [1.82, 2.24) is 4.90 Å². The third kappa shape index (κ3) is 3.44.